The lowest BCUT2D eigenvalue weighted by atomic mass is 10.4. The van der Waals surface area contributed by atoms with Crippen molar-refractivity contribution in [3.05, 3.63) is 28.7 Å². The second kappa shape index (κ2) is 5.45. The molecule has 0 bridgehead atoms. The average molecular weight is 306 g/mol. The molecule has 0 aliphatic rings. The summed E-state index contributed by atoms with van der Waals surface area (Å²) < 4.78 is 21.1. The van der Waals surface area contributed by atoms with Crippen LogP contribution in [0.3, 0.4) is 0 Å². The van der Waals surface area contributed by atoms with Gasteiger partial charge in [-0.05, 0) is 25.1 Å². The van der Waals surface area contributed by atoms with Gasteiger partial charge >= 0.3 is 6.09 Å². The van der Waals surface area contributed by atoms with E-state index in [1.165, 1.54) is 6.26 Å². The molecular formula is C10H12BrNO3S. The van der Waals surface area contributed by atoms with Gasteiger partial charge in [-0.3, -0.25) is 0 Å². The fourth-order valence-corrected chi connectivity index (χ4v) is 2.72. The van der Waals surface area contributed by atoms with Gasteiger partial charge in [0.1, 0.15) is 0 Å². The summed E-state index contributed by atoms with van der Waals surface area (Å²) in [4.78, 5) is 11.6. The summed E-state index contributed by atoms with van der Waals surface area (Å²) in [6, 6.07) is 6.88. The van der Waals surface area contributed by atoms with Crippen LogP contribution in [-0.2, 0) is 14.5 Å². The van der Waals surface area contributed by atoms with Gasteiger partial charge in [0.2, 0.25) is 0 Å². The quantitative estimate of drug-likeness (QED) is 0.844. The number of carbonyl (C=O) groups excluding carboxylic acids is 1. The van der Waals surface area contributed by atoms with Gasteiger partial charge in [0, 0.05) is 15.6 Å². The van der Waals surface area contributed by atoms with Gasteiger partial charge in [-0.25, -0.2) is 9.00 Å². The molecule has 1 aromatic rings. The molecule has 0 fully saturated rings. The largest absolute Gasteiger partial charge is 0.448 e. The minimum absolute atomic E-state index is 0.219. The van der Waals surface area contributed by atoms with Crippen LogP contribution in [-0.4, -0.2) is 23.2 Å². The number of hydrogen-bond donors (Lipinski definition) is 0. The van der Waals surface area contributed by atoms with Crippen LogP contribution in [0.1, 0.15) is 6.92 Å². The molecule has 1 amide bonds. The Labute approximate surface area is 103 Å². The molecule has 0 saturated heterocycles. The van der Waals surface area contributed by atoms with Crippen molar-refractivity contribution in [2.75, 3.05) is 12.9 Å². The van der Waals surface area contributed by atoms with Crippen LogP contribution in [0.2, 0.25) is 0 Å². The Hall–Kier alpha value is -0.880. The highest BCUT2D eigenvalue weighted by molar-refractivity contribution is 9.10. The standard InChI is InChI=1S/C10H12BrNO3S/c1-3-15-10(13)12-16(2,14)9-6-4-5-8(11)7-9/h4-7H,3H2,1-2H3/t16-/m0/s1. The van der Waals surface area contributed by atoms with Crippen molar-refractivity contribution in [2.45, 2.75) is 11.8 Å². The second-order valence-electron chi connectivity index (χ2n) is 3.05. The van der Waals surface area contributed by atoms with Crippen LogP contribution in [0.4, 0.5) is 4.79 Å². The fraction of sp³-hybridized carbons (Fsp3) is 0.300. The Kier molecular flexibility index (Phi) is 4.49. The van der Waals surface area contributed by atoms with Crippen LogP contribution in [0, 0.1) is 0 Å². The predicted molar refractivity (Wildman–Crippen MR) is 65.9 cm³/mol. The number of amides is 1. The molecule has 0 heterocycles. The Balaban J connectivity index is 3.11. The lowest BCUT2D eigenvalue weighted by Crippen LogP contribution is -2.05. The minimum atomic E-state index is -2.73. The van der Waals surface area contributed by atoms with Gasteiger partial charge in [0.05, 0.1) is 16.3 Å². The molecule has 0 spiro atoms. The molecule has 0 aliphatic heterocycles. The Morgan fingerprint density at radius 2 is 2.25 bits per heavy atom. The van der Waals surface area contributed by atoms with Crippen molar-refractivity contribution in [1.29, 1.82) is 0 Å². The number of ether oxygens (including phenoxy) is 1. The molecule has 0 unspecified atom stereocenters. The first kappa shape index (κ1) is 13.2. The molecule has 1 rings (SSSR count). The molecule has 88 valence electrons. The van der Waals surface area contributed by atoms with Crippen LogP contribution in [0.15, 0.2) is 38.0 Å². The van der Waals surface area contributed by atoms with E-state index in [0.29, 0.717) is 4.90 Å². The third-order valence-electron chi connectivity index (χ3n) is 1.75. The summed E-state index contributed by atoms with van der Waals surface area (Å²) in [6.07, 6.45) is 0.612. The van der Waals surface area contributed by atoms with E-state index in [2.05, 4.69) is 25.0 Å². The lowest BCUT2D eigenvalue weighted by Gasteiger charge is -2.04. The molecule has 1 aromatic carbocycles. The highest BCUT2D eigenvalue weighted by atomic mass is 79.9. The highest BCUT2D eigenvalue weighted by Crippen LogP contribution is 2.17. The zero-order valence-electron chi connectivity index (χ0n) is 8.97. The molecule has 1 atom stereocenters. The van der Waals surface area contributed by atoms with Gasteiger partial charge in [-0.2, -0.15) is 0 Å². The summed E-state index contributed by atoms with van der Waals surface area (Å²) in [5.74, 6) is 0. The molecule has 0 N–H and O–H groups in total. The summed E-state index contributed by atoms with van der Waals surface area (Å²) in [5, 5.41) is 0. The maximum atomic E-state index is 12.1. The summed E-state index contributed by atoms with van der Waals surface area (Å²) in [6.45, 7) is 1.89. The van der Waals surface area contributed by atoms with E-state index in [1.54, 1.807) is 25.1 Å². The van der Waals surface area contributed by atoms with E-state index in [1.807, 2.05) is 6.07 Å². The summed E-state index contributed by atoms with van der Waals surface area (Å²) >= 11 is 3.27. The normalized spacial score (nSPS) is 13.9. The number of benzene rings is 1. The van der Waals surface area contributed by atoms with Crippen LogP contribution in [0.25, 0.3) is 0 Å². The van der Waals surface area contributed by atoms with E-state index in [9.17, 15) is 9.00 Å². The number of halogens is 1. The van der Waals surface area contributed by atoms with E-state index in [4.69, 9.17) is 0 Å². The molecule has 0 radical (unpaired) electrons. The van der Waals surface area contributed by atoms with Crippen LogP contribution >= 0.6 is 15.9 Å². The summed E-state index contributed by atoms with van der Waals surface area (Å²) in [7, 11) is -2.73. The van der Waals surface area contributed by atoms with Crippen LogP contribution in [0.5, 0.6) is 0 Å². The van der Waals surface area contributed by atoms with E-state index < -0.39 is 15.8 Å². The first-order valence-corrected chi connectivity index (χ1v) is 7.32. The molecule has 4 nitrogen and oxygen atoms in total. The molecule has 0 aliphatic carbocycles. The van der Waals surface area contributed by atoms with Gasteiger partial charge in [-0.15, -0.1) is 4.36 Å². The zero-order chi connectivity index (χ0) is 12.2. The van der Waals surface area contributed by atoms with Crippen molar-refractivity contribution in [3.8, 4) is 0 Å². The number of nitrogens with zero attached hydrogens (tertiary/aromatic N) is 1. The van der Waals surface area contributed by atoms with E-state index >= 15 is 0 Å². The molecule has 0 aromatic heterocycles. The third kappa shape index (κ3) is 3.61. The molecule has 0 saturated carbocycles. The first-order chi connectivity index (χ1) is 7.45. The monoisotopic (exact) mass is 305 g/mol. The van der Waals surface area contributed by atoms with Gasteiger partial charge < -0.3 is 4.74 Å². The molecular weight excluding hydrogens is 294 g/mol. The topological polar surface area (TPSA) is 55.7 Å². The SMILES string of the molecule is CCOC(=O)N=[S@@](C)(=O)c1cccc(Br)c1. The molecule has 6 heteroatoms. The maximum Gasteiger partial charge on any atom is 0.442 e. The third-order valence-corrected chi connectivity index (χ3v) is 3.87. The predicted octanol–water partition coefficient (Wildman–Crippen LogP) is 3.06. The number of hydrogen-bond acceptors (Lipinski definition) is 3. The average Bonchev–Trinajstić information content (AvgIpc) is 2.17. The first-order valence-electron chi connectivity index (χ1n) is 4.60. The minimum Gasteiger partial charge on any atom is -0.448 e. The van der Waals surface area contributed by atoms with Crippen molar-refractivity contribution in [1.82, 2.24) is 0 Å². The highest BCUT2D eigenvalue weighted by Gasteiger charge is 2.09. The lowest BCUT2D eigenvalue weighted by molar-refractivity contribution is 0.164. The molecule has 16 heavy (non-hydrogen) atoms. The van der Waals surface area contributed by atoms with Crippen molar-refractivity contribution >= 4 is 31.8 Å². The summed E-state index contributed by atoms with van der Waals surface area (Å²) in [5.41, 5.74) is 0. The van der Waals surface area contributed by atoms with Crippen molar-refractivity contribution < 1.29 is 13.7 Å². The fourth-order valence-electron chi connectivity index (χ4n) is 1.05. The van der Waals surface area contributed by atoms with Crippen molar-refractivity contribution in [3.63, 3.8) is 0 Å². The number of carbonyl (C=O) groups is 1. The van der Waals surface area contributed by atoms with Crippen molar-refractivity contribution in [2.24, 2.45) is 4.36 Å². The van der Waals surface area contributed by atoms with E-state index in [0.717, 1.165) is 4.47 Å². The maximum absolute atomic E-state index is 12.1. The zero-order valence-corrected chi connectivity index (χ0v) is 11.4. The number of rotatable bonds is 2. The van der Waals surface area contributed by atoms with Crippen LogP contribution < -0.4 is 0 Å². The van der Waals surface area contributed by atoms with Gasteiger partial charge in [-0.1, -0.05) is 22.0 Å². The Morgan fingerprint density at radius 1 is 1.56 bits per heavy atom. The van der Waals surface area contributed by atoms with Gasteiger partial charge in [0.25, 0.3) is 0 Å². The van der Waals surface area contributed by atoms with E-state index in [-0.39, 0.29) is 6.61 Å². The Bertz CT molecular complexity index is 507. The van der Waals surface area contributed by atoms with Gasteiger partial charge in [0.15, 0.2) is 0 Å². The Morgan fingerprint density at radius 3 is 2.81 bits per heavy atom. The second-order valence-corrected chi connectivity index (χ2v) is 6.22. The smallest absolute Gasteiger partial charge is 0.442 e.